The highest BCUT2D eigenvalue weighted by atomic mass is 16.2. The molecule has 0 unspecified atom stereocenters. The first-order chi connectivity index (χ1) is 16.5. The Hall–Kier alpha value is -3.66. The van der Waals surface area contributed by atoms with Crippen LogP contribution < -0.4 is 5.32 Å². The number of benzene rings is 3. The van der Waals surface area contributed by atoms with E-state index in [9.17, 15) is 4.79 Å². The van der Waals surface area contributed by atoms with Gasteiger partial charge < -0.3 is 10.2 Å². The van der Waals surface area contributed by atoms with E-state index in [1.807, 2.05) is 47.5 Å². The molecule has 1 aromatic heterocycles. The summed E-state index contributed by atoms with van der Waals surface area (Å²) in [7, 11) is 0. The molecule has 1 amide bonds. The lowest BCUT2D eigenvalue weighted by molar-refractivity contribution is -0.131. The predicted octanol–water partition coefficient (Wildman–Crippen LogP) is 6.02. The Kier molecular flexibility index (Phi) is 6.06. The number of anilines is 1. The van der Waals surface area contributed by atoms with Gasteiger partial charge in [0.25, 0.3) is 0 Å². The highest BCUT2D eigenvalue weighted by Crippen LogP contribution is 2.39. The van der Waals surface area contributed by atoms with Gasteiger partial charge >= 0.3 is 0 Å². The summed E-state index contributed by atoms with van der Waals surface area (Å²) >= 11 is 0. The number of piperidine rings is 1. The van der Waals surface area contributed by atoms with E-state index in [0.29, 0.717) is 6.42 Å². The van der Waals surface area contributed by atoms with Crippen LogP contribution in [-0.2, 0) is 16.8 Å². The molecule has 5 rings (SSSR count). The fourth-order valence-electron chi connectivity index (χ4n) is 5.17. The van der Waals surface area contributed by atoms with Crippen molar-refractivity contribution in [1.29, 1.82) is 0 Å². The molecule has 2 heterocycles. The van der Waals surface area contributed by atoms with E-state index in [2.05, 4.69) is 66.6 Å². The lowest BCUT2D eigenvalue weighted by atomic mass is 9.77. The largest absolute Gasteiger partial charge is 0.375 e. The second-order valence-corrected chi connectivity index (χ2v) is 9.41. The third kappa shape index (κ3) is 4.41. The molecule has 4 aromatic rings. The summed E-state index contributed by atoms with van der Waals surface area (Å²) in [5.74, 6) is 0.204. The molecule has 0 spiro atoms. The molecule has 1 N–H and O–H groups in total. The molecule has 172 valence electrons. The third-order valence-electron chi connectivity index (χ3n) is 7.28. The number of hydrogen-bond acceptors (Lipinski definition) is 3. The number of carbonyl (C=O) groups excluding carboxylic acids is 1. The maximum absolute atomic E-state index is 13.0. The van der Waals surface area contributed by atoms with Crippen LogP contribution in [0.5, 0.6) is 0 Å². The second kappa shape index (κ2) is 9.30. The summed E-state index contributed by atoms with van der Waals surface area (Å²) in [6.07, 6.45) is 4.01. The van der Waals surface area contributed by atoms with Gasteiger partial charge in [-0.05, 0) is 67.1 Å². The number of fused-ring (bicyclic) bond motifs is 1. The Morgan fingerprint density at radius 2 is 1.74 bits per heavy atom. The number of rotatable bonds is 5. The van der Waals surface area contributed by atoms with E-state index < -0.39 is 0 Å². The normalized spacial score (nSPS) is 15.3. The van der Waals surface area contributed by atoms with Crippen molar-refractivity contribution in [2.45, 2.75) is 38.6 Å². The van der Waals surface area contributed by atoms with Crippen LogP contribution in [0.15, 0.2) is 85.1 Å². The van der Waals surface area contributed by atoms with Crippen LogP contribution in [0, 0.1) is 13.8 Å². The highest BCUT2D eigenvalue weighted by molar-refractivity contribution is 5.82. The van der Waals surface area contributed by atoms with Gasteiger partial charge in [0, 0.05) is 30.4 Å². The van der Waals surface area contributed by atoms with Gasteiger partial charge in [-0.15, -0.1) is 0 Å². The first-order valence-electron chi connectivity index (χ1n) is 12.1. The smallest absolute Gasteiger partial charge is 0.226 e. The monoisotopic (exact) mass is 449 g/mol. The summed E-state index contributed by atoms with van der Waals surface area (Å²) in [5, 5.41) is 5.04. The zero-order chi connectivity index (χ0) is 23.5. The van der Waals surface area contributed by atoms with Crippen molar-refractivity contribution in [2.24, 2.45) is 0 Å². The average molecular weight is 450 g/mol. The Morgan fingerprint density at radius 3 is 2.53 bits per heavy atom. The Balaban J connectivity index is 1.42. The van der Waals surface area contributed by atoms with Gasteiger partial charge in [-0.3, -0.25) is 9.78 Å². The van der Waals surface area contributed by atoms with Gasteiger partial charge in [0.15, 0.2) is 0 Å². The molecule has 3 aromatic carbocycles. The maximum atomic E-state index is 13.0. The van der Waals surface area contributed by atoms with Crippen LogP contribution in [0.4, 0.5) is 5.69 Å². The molecule has 34 heavy (non-hydrogen) atoms. The minimum atomic E-state index is -0.234. The minimum absolute atomic E-state index is 0.204. The summed E-state index contributed by atoms with van der Waals surface area (Å²) < 4.78 is 0. The van der Waals surface area contributed by atoms with Crippen molar-refractivity contribution < 1.29 is 4.79 Å². The maximum Gasteiger partial charge on any atom is 0.226 e. The zero-order valence-electron chi connectivity index (χ0n) is 19.9. The van der Waals surface area contributed by atoms with Crippen molar-refractivity contribution >= 4 is 22.5 Å². The summed E-state index contributed by atoms with van der Waals surface area (Å²) in [6, 6.07) is 27.0. The molecule has 1 aliphatic rings. The van der Waals surface area contributed by atoms with Crippen LogP contribution >= 0.6 is 0 Å². The molecule has 1 aliphatic heterocycles. The van der Waals surface area contributed by atoms with E-state index in [4.69, 9.17) is 0 Å². The standard InChI is InChI=1S/C30H31N3O/c1-22-8-6-12-27(23(22)2)30(32-26-14-13-25-11-7-17-31-28(25)21-26)15-18-33(19-16-30)29(34)20-24-9-4-3-5-10-24/h3-14,17,21,32H,15-16,18-20H2,1-2H3. The molecule has 0 atom stereocenters. The van der Waals surface area contributed by atoms with Gasteiger partial charge in [-0.2, -0.15) is 0 Å². The fourth-order valence-corrected chi connectivity index (χ4v) is 5.17. The second-order valence-electron chi connectivity index (χ2n) is 9.41. The molecule has 0 bridgehead atoms. The molecule has 1 fully saturated rings. The summed E-state index contributed by atoms with van der Waals surface area (Å²) in [4.78, 5) is 19.6. The molecule has 0 radical (unpaired) electrons. The van der Waals surface area contributed by atoms with E-state index >= 15 is 0 Å². The molecule has 0 saturated carbocycles. The number of pyridine rings is 1. The number of amides is 1. The van der Waals surface area contributed by atoms with E-state index in [1.54, 1.807) is 0 Å². The van der Waals surface area contributed by atoms with Crippen molar-refractivity contribution in [1.82, 2.24) is 9.88 Å². The number of carbonyl (C=O) groups is 1. The molecule has 0 aliphatic carbocycles. The topological polar surface area (TPSA) is 45.2 Å². The summed E-state index contributed by atoms with van der Waals surface area (Å²) in [6.45, 7) is 5.85. The van der Waals surface area contributed by atoms with Gasteiger partial charge in [0.05, 0.1) is 17.5 Å². The summed E-state index contributed by atoms with van der Waals surface area (Å²) in [5.41, 5.74) is 6.82. The number of hydrogen-bond donors (Lipinski definition) is 1. The lowest BCUT2D eigenvalue weighted by Gasteiger charge is -2.44. The quantitative estimate of drug-likeness (QED) is 0.405. The number of nitrogens with one attached hydrogen (secondary N) is 1. The molecule has 4 nitrogen and oxygen atoms in total. The molecular weight excluding hydrogens is 418 g/mol. The van der Waals surface area contributed by atoms with Crippen LogP contribution in [0.3, 0.4) is 0 Å². The molecule has 1 saturated heterocycles. The van der Waals surface area contributed by atoms with E-state index in [0.717, 1.165) is 48.1 Å². The number of likely N-dealkylation sites (tertiary alicyclic amines) is 1. The van der Waals surface area contributed by atoms with Crippen molar-refractivity contribution in [3.8, 4) is 0 Å². The van der Waals surface area contributed by atoms with Gasteiger partial charge in [0.2, 0.25) is 5.91 Å². The van der Waals surface area contributed by atoms with Gasteiger partial charge in [-0.25, -0.2) is 0 Å². The minimum Gasteiger partial charge on any atom is -0.375 e. The van der Waals surface area contributed by atoms with Crippen LogP contribution in [0.25, 0.3) is 10.9 Å². The fraction of sp³-hybridized carbons (Fsp3) is 0.267. The molecular formula is C30H31N3O. The van der Waals surface area contributed by atoms with Crippen molar-refractivity contribution in [3.05, 3.63) is 107 Å². The van der Waals surface area contributed by atoms with Gasteiger partial charge in [0.1, 0.15) is 0 Å². The van der Waals surface area contributed by atoms with Crippen LogP contribution in [0.1, 0.15) is 35.1 Å². The first-order valence-corrected chi connectivity index (χ1v) is 12.1. The van der Waals surface area contributed by atoms with Crippen molar-refractivity contribution in [3.63, 3.8) is 0 Å². The lowest BCUT2D eigenvalue weighted by Crippen LogP contribution is -2.49. The van der Waals surface area contributed by atoms with E-state index in [-0.39, 0.29) is 11.4 Å². The SMILES string of the molecule is Cc1cccc(C2(Nc3ccc4cccnc4c3)CCN(C(=O)Cc3ccccc3)CC2)c1C. The van der Waals surface area contributed by atoms with Gasteiger partial charge in [-0.1, -0.05) is 60.7 Å². The highest BCUT2D eigenvalue weighted by Gasteiger charge is 2.38. The average Bonchev–Trinajstić information content (AvgIpc) is 2.86. The number of aromatic nitrogens is 1. The predicted molar refractivity (Wildman–Crippen MR) is 139 cm³/mol. The third-order valence-corrected chi connectivity index (χ3v) is 7.28. The first kappa shape index (κ1) is 22.1. The Labute approximate surface area is 201 Å². The number of nitrogens with zero attached hydrogens (tertiary/aromatic N) is 2. The Morgan fingerprint density at radius 1 is 0.941 bits per heavy atom. The zero-order valence-corrected chi connectivity index (χ0v) is 19.9. The number of aryl methyl sites for hydroxylation is 1. The Bertz CT molecular complexity index is 1310. The van der Waals surface area contributed by atoms with Crippen molar-refractivity contribution in [2.75, 3.05) is 18.4 Å². The van der Waals surface area contributed by atoms with E-state index in [1.165, 1.54) is 16.7 Å². The molecule has 4 heteroatoms. The van der Waals surface area contributed by atoms with Crippen LogP contribution in [0.2, 0.25) is 0 Å². The van der Waals surface area contributed by atoms with Crippen LogP contribution in [-0.4, -0.2) is 28.9 Å².